The Bertz CT molecular complexity index is 640. The van der Waals surface area contributed by atoms with E-state index in [9.17, 15) is 9.59 Å². The summed E-state index contributed by atoms with van der Waals surface area (Å²) in [6.07, 6.45) is 2.24. The Morgan fingerprint density at radius 2 is 1.73 bits per heavy atom. The minimum absolute atomic E-state index is 0.0623. The van der Waals surface area contributed by atoms with E-state index in [1.807, 2.05) is 24.0 Å². The highest BCUT2D eigenvalue weighted by Crippen LogP contribution is 2.20. The first kappa shape index (κ1) is 19.1. The molecule has 3 rings (SSSR count). The predicted octanol–water partition coefficient (Wildman–Crippen LogP) is 1.91. The van der Waals surface area contributed by atoms with Crippen molar-refractivity contribution in [3.63, 3.8) is 0 Å². The van der Waals surface area contributed by atoms with Gasteiger partial charge in [0.2, 0.25) is 11.8 Å². The van der Waals surface area contributed by atoms with Crippen LogP contribution in [0.1, 0.15) is 19.8 Å². The first-order valence-corrected chi connectivity index (χ1v) is 9.72. The summed E-state index contributed by atoms with van der Waals surface area (Å²) >= 11 is 6.08. The number of carbonyl (C=O) groups excluding carboxylic acids is 2. The fourth-order valence-electron chi connectivity index (χ4n) is 3.62. The van der Waals surface area contributed by atoms with Crippen molar-refractivity contribution in [3.05, 3.63) is 29.3 Å². The Morgan fingerprint density at radius 3 is 2.38 bits per heavy atom. The third kappa shape index (κ3) is 4.75. The topological polar surface area (TPSA) is 55.9 Å². The summed E-state index contributed by atoms with van der Waals surface area (Å²) in [5, 5.41) is 3.40. The molecule has 2 saturated heterocycles. The second kappa shape index (κ2) is 8.84. The van der Waals surface area contributed by atoms with E-state index in [4.69, 9.17) is 11.6 Å². The number of nitrogens with one attached hydrogen (secondary N) is 1. The fraction of sp³-hybridized carbons (Fsp3) is 0.579. The molecule has 26 heavy (non-hydrogen) atoms. The van der Waals surface area contributed by atoms with Crippen LogP contribution in [0.4, 0.5) is 5.69 Å². The van der Waals surface area contributed by atoms with E-state index in [1.165, 1.54) is 0 Å². The number of benzene rings is 1. The van der Waals surface area contributed by atoms with Crippen molar-refractivity contribution in [3.8, 4) is 0 Å². The number of rotatable bonds is 5. The lowest BCUT2D eigenvalue weighted by atomic mass is 10.2. The first-order valence-electron chi connectivity index (χ1n) is 9.34. The van der Waals surface area contributed by atoms with Crippen molar-refractivity contribution < 1.29 is 9.59 Å². The van der Waals surface area contributed by atoms with Crippen LogP contribution in [0.15, 0.2) is 24.3 Å². The molecular formula is C19H27ClN4O2. The molecule has 2 aliphatic rings. The number of halogens is 1. The van der Waals surface area contributed by atoms with Gasteiger partial charge in [-0.25, -0.2) is 0 Å². The molecule has 1 aromatic carbocycles. The second-order valence-corrected chi connectivity index (χ2v) is 7.46. The number of hydrogen-bond acceptors (Lipinski definition) is 4. The monoisotopic (exact) mass is 378 g/mol. The average molecular weight is 379 g/mol. The van der Waals surface area contributed by atoms with Crippen LogP contribution in [-0.2, 0) is 9.59 Å². The number of likely N-dealkylation sites (tertiary alicyclic amines) is 1. The molecule has 0 bridgehead atoms. The highest BCUT2D eigenvalue weighted by molar-refractivity contribution is 6.33. The lowest BCUT2D eigenvalue weighted by Crippen LogP contribution is -2.55. The van der Waals surface area contributed by atoms with Gasteiger partial charge in [0.1, 0.15) is 0 Å². The summed E-state index contributed by atoms with van der Waals surface area (Å²) in [6, 6.07) is 7.16. The van der Waals surface area contributed by atoms with Crippen LogP contribution < -0.4 is 5.32 Å². The van der Waals surface area contributed by atoms with Gasteiger partial charge in [-0.05, 0) is 31.9 Å². The second-order valence-electron chi connectivity index (χ2n) is 7.05. The SMILES string of the molecule is CC(C(=O)N1CCCC1)N1CCN(CC(=O)Nc2ccccc2Cl)CC1. The van der Waals surface area contributed by atoms with E-state index in [2.05, 4.69) is 15.1 Å². The Kier molecular flexibility index (Phi) is 6.51. The number of piperazine rings is 1. The van der Waals surface area contributed by atoms with Gasteiger partial charge in [0, 0.05) is 39.3 Å². The van der Waals surface area contributed by atoms with Gasteiger partial charge >= 0.3 is 0 Å². The van der Waals surface area contributed by atoms with Gasteiger partial charge in [-0.3, -0.25) is 19.4 Å². The minimum Gasteiger partial charge on any atom is -0.341 e. The molecule has 1 atom stereocenters. The highest BCUT2D eigenvalue weighted by atomic mass is 35.5. The smallest absolute Gasteiger partial charge is 0.239 e. The third-order valence-corrected chi connectivity index (χ3v) is 5.57. The van der Waals surface area contributed by atoms with Gasteiger partial charge in [-0.1, -0.05) is 23.7 Å². The fourth-order valence-corrected chi connectivity index (χ4v) is 3.81. The lowest BCUT2D eigenvalue weighted by Gasteiger charge is -2.38. The molecule has 142 valence electrons. The van der Waals surface area contributed by atoms with Crippen LogP contribution in [-0.4, -0.2) is 78.4 Å². The summed E-state index contributed by atoms with van der Waals surface area (Å²) in [4.78, 5) is 31.1. The first-order chi connectivity index (χ1) is 12.5. The molecule has 0 radical (unpaired) electrons. The number of amides is 2. The van der Waals surface area contributed by atoms with E-state index in [0.717, 1.165) is 52.1 Å². The maximum absolute atomic E-state index is 12.5. The molecule has 2 heterocycles. The molecule has 1 aromatic rings. The molecule has 0 aromatic heterocycles. The van der Waals surface area contributed by atoms with Gasteiger partial charge in [0.25, 0.3) is 0 Å². The average Bonchev–Trinajstić information content (AvgIpc) is 3.18. The van der Waals surface area contributed by atoms with Crippen LogP contribution in [0, 0.1) is 0 Å². The van der Waals surface area contributed by atoms with Crippen molar-refractivity contribution in [2.75, 3.05) is 51.1 Å². The van der Waals surface area contributed by atoms with Gasteiger partial charge in [-0.2, -0.15) is 0 Å². The third-order valence-electron chi connectivity index (χ3n) is 5.24. The van der Waals surface area contributed by atoms with E-state index < -0.39 is 0 Å². The van der Waals surface area contributed by atoms with Gasteiger partial charge in [-0.15, -0.1) is 0 Å². The number of hydrogen-bond donors (Lipinski definition) is 1. The Balaban J connectivity index is 1.44. The van der Waals surface area contributed by atoms with Crippen LogP contribution in [0.25, 0.3) is 0 Å². The van der Waals surface area contributed by atoms with Crippen LogP contribution in [0.3, 0.4) is 0 Å². The molecule has 2 aliphatic heterocycles. The van der Waals surface area contributed by atoms with Crippen molar-refractivity contribution in [1.29, 1.82) is 0 Å². The molecule has 2 fully saturated rings. The van der Waals surface area contributed by atoms with Crippen molar-refractivity contribution >= 4 is 29.1 Å². The number of carbonyl (C=O) groups is 2. The van der Waals surface area contributed by atoms with E-state index >= 15 is 0 Å². The van der Waals surface area contributed by atoms with E-state index in [0.29, 0.717) is 17.3 Å². The molecule has 1 unspecified atom stereocenters. The number of anilines is 1. The Labute approximate surface area is 160 Å². The Hall–Kier alpha value is -1.63. The molecular weight excluding hydrogens is 352 g/mol. The predicted molar refractivity (Wildman–Crippen MR) is 103 cm³/mol. The summed E-state index contributed by atoms with van der Waals surface area (Å²) in [7, 11) is 0. The maximum atomic E-state index is 12.5. The van der Waals surface area contributed by atoms with Crippen LogP contribution in [0.5, 0.6) is 0 Å². The van der Waals surface area contributed by atoms with Crippen LogP contribution >= 0.6 is 11.6 Å². The molecule has 0 saturated carbocycles. The number of nitrogens with zero attached hydrogens (tertiary/aromatic N) is 3. The zero-order valence-corrected chi connectivity index (χ0v) is 16.0. The van der Waals surface area contributed by atoms with E-state index in [1.54, 1.807) is 12.1 Å². The van der Waals surface area contributed by atoms with Gasteiger partial charge < -0.3 is 10.2 Å². The largest absolute Gasteiger partial charge is 0.341 e. The zero-order chi connectivity index (χ0) is 18.5. The molecule has 0 spiro atoms. The molecule has 0 aliphatic carbocycles. The quantitative estimate of drug-likeness (QED) is 0.850. The highest BCUT2D eigenvalue weighted by Gasteiger charge is 2.30. The minimum atomic E-state index is -0.0767. The normalized spacial score (nSPS) is 20.2. The summed E-state index contributed by atoms with van der Waals surface area (Å²) < 4.78 is 0. The van der Waals surface area contributed by atoms with Gasteiger partial charge in [0.05, 0.1) is 23.3 Å². The summed E-state index contributed by atoms with van der Waals surface area (Å²) in [5.41, 5.74) is 0.641. The summed E-state index contributed by atoms with van der Waals surface area (Å²) in [6.45, 7) is 7.31. The number of para-hydroxylation sites is 1. The molecule has 1 N–H and O–H groups in total. The van der Waals surface area contributed by atoms with Crippen molar-refractivity contribution in [1.82, 2.24) is 14.7 Å². The molecule has 7 heteroatoms. The standard InChI is InChI=1S/C19H27ClN4O2/c1-15(19(26)24-8-4-5-9-24)23-12-10-22(11-13-23)14-18(25)21-17-7-3-2-6-16(17)20/h2-3,6-7,15H,4-5,8-14H2,1H3,(H,21,25). The molecule has 6 nitrogen and oxygen atoms in total. The molecule has 2 amide bonds. The van der Waals surface area contributed by atoms with Gasteiger partial charge in [0.15, 0.2) is 0 Å². The maximum Gasteiger partial charge on any atom is 0.239 e. The van der Waals surface area contributed by atoms with Crippen LogP contribution in [0.2, 0.25) is 5.02 Å². The van der Waals surface area contributed by atoms with Crippen molar-refractivity contribution in [2.45, 2.75) is 25.8 Å². The van der Waals surface area contributed by atoms with Crippen molar-refractivity contribution in [2.24, 2.45) is 0 Å². The summed E-state index contributed by atoms with van der Waals surface area (Å²) in [5.74, 6) is 0.181. The lowest BCUT2D eigenvalue weighted by molar-refractivity contribution is -0.136. The zero-order valence-electron chi connectivity index (χ0n) is 15.3. The van der Waals surface area contributed by atoms with E-state index in [-0.39, 0.29) is 17.9 Å². The Morgan fingerprint density at radius 1 is 1.08 bits per heavy atom.